The molecule has 0 radical (unpaired) electrons. The second-order valence-electron chi connectivity index (χ2n) is 4.99. The summed E-state index contributed by atoms with van der Waals surface area (Å²) in [5.41, 5.74) is 0.136. The minimum absolute atomic E-state index is 0.134. The van der Waals surface area contributed by atoms with Crippen molar-refractivity contribution >= 4 is 0 Å². The Balaban J connectivity index is 2.08. The molecule has 2 aromatic rings. The Bertz CT molecular complexity index is 626. The minimum Gasteiger partial charge on any atom is -0.272 e. The van der Waals surface area contributed by atoms with Crippen LogP contribution in [0.25, 0.3) is 11.4 Å². The van der Waals surface area contributed by atoms with E-state index >= 15 is 0 Å². The van der Waals surface area contributed by atoms with Crippen LogP contribution in [0.5, 0.6) is 0 Å². The van der Waals surface area contributed by atoms with E-state index in [0.717, 1.165) is 25.7 Å². The van der Waals surface area contributed by atoms with Crippen molar-refractivity contribution in [1.29, 1.82) is 0 Å². The van der Waals surface area contributed by atoms with Gasteiger partial charge < -0.3 is 0 Å². The number of halogens is 1. The molecule has 5 heteroatoms. The van der Waals surface area contributed by atoms with Crippen LogP contribution in [0.4, 0.5) is 4.39 Å². The van der Waals surface area contributed by atoms with Gasteiger partial charge in [0.25, 0.3) is 0 Å². The van der Waals surface area contributed by atoms with Gasteiger partial charge in [-0.15, -0.1) is 0 Å². The zero-order valence-corrected chi connectivity index (χ0v) is 10.6. The molecule has 1 aliphatic rings. The summed E-state index contributed by atoms with van der Waals surface area (Å²) in [5.74, 6) is 0.0635. The second-order valence-corrected chi connectivity index (χ2v) is 4.99. The average molecular weight is 261 g/mol. The van der Waals surface area contributed by atoms with Crippen molar-refractivity contribution in [3.05, 3.63) is 40.6 Å². The molecule has 0 atom stereocenters. The van der Waals surface area contributed by atoms with Crippen LogP contribution in [0.1, 0.15) is 38.1 Å². The molecule has 100 valence electrons. The highest BCUT2D eigenvalue weighted by atomic mass is 19.1. The van der Waals surface area contributed by atoms with E-state index < -0.39 is 0 Å². The van der Waals surface area contributed by atoms with Crippen molar-refractivity contribution in [2.24, 2.45) is 0 Å². The molecule has 0 saturated heterocycles. The number of aromatic nitrogens is 3. The van der Waals surface area contributed by atoms with E-state index in [-0.39, 0.29) is 17.5 Å². The summed E-state index contributed by atoms with van der Waals surface area (Å²) in [5, 5.41) is 6.46. The van der Waals surface area contributed by atoms with Crippen LogP contribution in [0.15, 0.2) is 29.1 Å². The SMILES string of the molecule is O=c1[nH]nc(-c2ccccc2F)n1C1CCCCC1. The Morgan fingerprint density at radius 1 is 1.21 bits per heavy atom. The van der Waals surface area contributed by atoms with Crippen LogP contribution in [-0.2, 0) is 0 Å². The fourth-order valence-electron chi connectivity index (χ4n) is 2.82. The first-order chi connectivity index (χ1) is 9.27. The van der Waals surface area contributed by atoms with Crippen LogP contribution in [-0.4, -0.2) is 14.8 Å². The number of hydrogen-bond acceptors (Lipinski definition) is 2. The molecule has 1 heterocycles. The van der Waals surface area contributed by atoms with Crippen LogP contribution in [0, 0.1) is 5.82 Å². The quantitative estimate of drug-likeness (QED) is 0.903. The van der Waals surface area contributed by atoms with Gasteiger partial charge in [-0.25, -0.2) is 14.3 Å². The molecular formula is C14H16FN3O. The Morgan fingerprint density at radius 3 is 2.68 bits per heavy atom. The fourth-order valence-corrected chi connectivity index (χ4v) is 2.82. The molecule has 0 bridgehead atoms. The number of H-pyrrole nitrogens is 1. The smallest absolute Gasteiger partial charge is 0.272 e. The van der Waals surface area contributed by atoms with Gasteiger partial charge in [0.05, 0.1) is 5.56 Å². The topological polar surface area (TPSA) is 50.7 Å². The maximum absolute atomic E-state index is 13.9. The van der Waals surface area contributed by atoms with Crippen LogP contribution < -0.4 is 5.69 Å². The predicted octanol–water partition coefficient (Wildman–Crippen LogP) is 2.88. The molecule has 1 fully saturated rings. The lowest BCUT2D eigenvalue weighted by Crippen LogP contribution is -2.25. The number of hydrogen-bond donors (Lipinski definition) is 1. The van der Waals surface area contributed by atoms with E-state index in [9.17, 15) is 9.18 Å². The third-order valence-electron chi connectivity index (χ3n) is 3.76. The molecule has 0 aliphatic heterocycles. The van der Waals surface area contributed by atoms with Crippen LogP contribution >= 0.6 is 0 Å². The average Bonchev–Trinajstić information content (AvgIpc) is 2.82. The number of nitrogens with one attached hydrogen (secondary N) is 1. The molecule has 1 aliphatic carbocycles. The number of rotatable bonds is 2. The van der Waals surface area contributed by atoms with Gasteiger partial charge in [-0.1, -0.05) is 31.4 Å². The highest BCUT2D eigenvalue weighted by Gasteiger charge is 2.22. The lowest BCUT2D eigenvalue weighted by atomic mass is 9.95. The highest BCUT2D eigenvalue weighted by molar-refractivity contribution is 5.55. The maximum atomic E-state index is 13.9. The second kappa shape index (κ2) is 4.99. The van der Waals surface area contributed by atoms with Gasteiger partial charge in [-0.2, -0.15) is 5.10 Å². The third kappa shape index (κ3) is 2.20. The van der Waals surface area contributed by atoms with Gasteiger partial charge in [0, 0.05) is 6.04 Å². The lowest BCUT2D eigenvalue weighted by molar-refractivity contribution is 0.349. The molecule has 0 amide bonds. The van der Waals surface area contributed by atoms with Crippen molar-refractivity contribution in [3.8, 4) is 11.4 Å². The summed E-state index contributed by atoms with van der Waals surface area (Å²) < 4.78 is 15.5. The largest absolute Gasteiger partial charge is 0.343 e. The molecular weight excluding hydrogens is 245 g/mol. The molecule has 1 aromatic carbocycles. The zero-order valence-electron chi connectivity index (χ0n) is 10.6. The van der Waals surface area contributed by atoms with Gasteiger partial charge >= 0.3 is 5.69 Å². The van der Waals surface area contributed by atoms with E-state index in [1.807, 2.05) is 0 Å². The Morgan fingerprint density at radius 2 is 1.95 bits per heavy atom. The van der Waals surface area contributed by atoms with E-state index in [0.29, 0.717) is 11.4 Å². The third-order valence-corrected chi connectivity index (χ3v) is 3.76. The predicted molar refractivity (Wildman–Crippen MR) is 70.4 cm³/mol. The molecule has 19 heavy (non-hydrogen) atoms. The summed E-state index contributed by atoms with van der Waals surface area (Å²) in [6, 6.07) is 6.57. The summed E-state index contributed by atoms with van der Waals surface area (Å²) >= 11 is 0. The van der Waals surface area contributed by atoms with Crippen molar-refractivity contribution in [2.45, 2.75) is 38.1 Å². The molecule has 1 N–H and O–H groups in total. The van der Waals surface area contributed by atoms with Crippen molar-refractivity contribution in [1.82, 2.24) is 14.8 Å². The fraction of sp³-hybridized carbons (Fsp3) is 0.429. The van der Waals surface area contributed by atoms with Gasteiger partial charge in [0.1, 0.15) is 5.82 Å². The number of benzene rings is 1. The van der Waals surface area contributed by atoms with E-state index in [1.165, 1.54) is 12.5 Å². The van der Waals surface area contributed by atoms with Gasteiger partial charge in [0.2, 0.25) is 0 Å². The van der Waals surface area contributed by atoms with Crippen LogP contribution in [0.3, 0.4) is 0 Å². The molecule has 0 spiro atoms. The minimum atomic E-state index is -0.349. The molecule has 3 rings (SSSR count). The molecule has 4 nitrogen and oxygen atoms in total. The summed E-state index contributed by atoms with van der Waals surface area (Å²) in [6.07, 6.45) is 5.35. The Hall–Kier alpha value is -1.91. The monoisotopic (exact) mass is 261 g/mol. The summed E-state index contributed by atoms with van der Waals surface area (Å²) in [4.78, 5) is 11.9. The van der Waals surface area contributed by atoms with Gasteiger partial charge in [-0.3, -0.25) is 4.57 Å². The number of aromatic amines is 1. The highest BCUT2D eigenvalue weighted by Crippen LogP contribution is 2.30. The van der Waals surface area contributed by atoms with E-state index in [4.69, 9.17) is 0 Å². The van der Waals surface area contributed by atoms with Gasteiger partial charge in [0.15, 0.2) is 5.82 Å². The Kier molecular flexibility index (Phi) is 3.19. The molecule has 1 saturated carbocycles. The first kappa shape index (κ1) is 12.1. The van der Waals surface area contributed by atoms with Crippen molar-refractivity contribution < 1.29 is 4.39 Å². The molecule has 1 aromatic heterocycles. The van der Waals surface area contributed by atoms with Crippen molar-refractivity contribution in [2.75, 3.05) is 0 Å². The van der Waals surface area contributed by atoms with Crippen molar-refractivity contribution in [3.63, 3.8) is 0 Å². The normalized spacial score (nSPS) is 16.7. The van der Waals surface area contributed by atoms with E-state index in [1.54, 1.807) is 22.8 Å². The lowest BCUT2D eigenvalue weighted by Gasteiger charge is -2.23. The Labute approximate surface area is 110 Å². The summed E-state index contributed by atoms with van der Waals surface area (Å²) in [7, 11) is 0. The summed E-state index contributed by atoms with van der Waals surface area (Å²) in [6.45, 7) is 0. The van der Waals surface area contributed by atoms with E-state index in [2.05, 4.69) is 10.2 Å². The van der Waals surface area contributed by atoms with Crippen LogP contribution in [0.2, 0.25) is 0 Å². The first-order valence-corrected chi connectivity index (χ1v) is 6.69. The zero-order chi connectivity index (χ0) is 13.2. The standard InChI is InChI=1S/C14H16FN3O/c15-12-9-5-4-8-11(12)13-16-17-14(19)18(13)10-6-2-1-3-7-10/h4-5,8-10H,1-3,6-7H2,(H,17,19). The maximum Gasteiger partial charge on any atom is 0.343 e. The number of nitrogens with zero attached hydrogens (tertiary/aromatic N) is 2. The first-order valence-electron chi connectivity index (χ1n) is 6.69. The van der Waals surface area contributed by atoms with Gasteiger partial charge in [-0.05, 0) is 25.0 Å². The molecule has 0 unspecified atom stereocenters.